The highest BCUT2D eigenvalue weighted by molar-refractivity contribution is 5.34. The summed E-state index contributed by atoms with van der Waals surface area (Å²) in [5.41, 5.74) is 5.68. The largest absolute Gasteiger partial charge is 0.446 e. The van der Waals surface area contributed by atoms with Crippen molar-refractivity contribution in [3.8, 4) is 0 Å². The summed E-state index contributed by atoms with van der Waals surface area (Å²) in [6.07, 6.45) is 2.16. The van der Waals surface area contributed by atoms with E-state index in [1.807, 2.05) is 33.0 Å². The maximum atomic E-state index is 5.68. The predicted octanol–water partition coefficient (Wildman–Crippen LogP) is 2.15. The van der Waals surface area contributed by atoms with Crippen LogP contribution in [0.2, 0.25) is 0 Å². The molecule has 0 saturated heterocycles. The maximum absolute atomic E-state index is 5.68. The fraction of sp³-hybridized carbons (Fsp3) is 0.636. The van der Waals surface area contributed by atoms with Crippen LogP contribution >= 0.6 is 0 Å². The van der Waals surface area contributed by atoms with Crippen LogP contribution in [-0.4, -0.2) is 19.6 Å². The highest BCUT2D eigenvalue weighted by atomic mass is 16.4. The molecule has 14 heavy (non-hydrogen) atoms. The lowest BCUT2D eigenvalue weighted by molar-refractivity contribution is 0.518. The third-order valence-corrected chi connectivity index (χ3v) is 2.26. The third kappa shape index (κ3) is 3.42. The van der Waals surface area contributed by atoms with E-state index in [1.54, 1.807) is 0 Å². The molecule has 0 bridgehead atoms. The van der Waals surface area contributed by atoms with Crippen LogP contribution in [-0.2, 0) is 0 Å². The fourth-order valence-corrected chi connectivity index (χ4v) is 1.39. The van der Waals surface area contributed by atoms with Crippen molar-refractivity contribution in [1.29, 1.82) is 0 Å². The summed E-state index contributed by atoms with van der Waals surface area (Å²) in [4.78, 5) is 2.12. The van der Waals surface area contributed by atoms with E-state index in [-0.39, 0.29) is 0 Å². The zero-order valence-corrected chi connectivity index (χ0v) is 9.29. The second kappa shape index (κ2) is 5.05. The van der Waals surface area contributed by atoms with Crippen LogP contribution in [0, 0.1) is 6.92 Å². The highest BCUT2D eigenvalue weighted by Gasteiger charge is 2.04. The van der Waals surface area contributed by atoms with Crippen molar-refractivity contribution in [2.45, 2.75) is 32.7 Å². The average molecular weight is 196 g/mol. The summed E-state index contributed by atoms with van der Waals surface area (Å²) in [6, 6.07) is 4.28. The van der Waals surface area contributed by atoms with Crippen molar-refractivity contribution < 1.29 is 4.42 Å². The van der Waals surface area contributed by atoms with Crippen LogP contribution < -0.4 is 10.6 Å². The molecule has 0 aliphatic rings. The first-order valence-corrected chi connectivity index (χ1v) is 5.12. The zero-order chi connectivity index (χ0) is 10.6. The Morgan fingerprint density at radius 3 is 2.71 bits per heavy atom. The Kier molecular flexibility index (Phi) is 4.01. The molecule has 2 N–H and O–H groups in total. The minimum Gasteiger partial charge on any atom is -0.446 e. The van der Waals surface area contributed by atoms with E-state index in [9.17, 15) is 0 Å². The number of aryl methyl sites for hydroxylation is 1. The number of hydrogen-bond acceptors (Lipinski definition) is 3. The van der Waals surface area contributed by atoms with Crippen molar-refractivity contribution in [2.24, 2.45) is 5.73 Å². The molecule has 1 aromatic heterocycles. The number of furan rings is 1. The van der Waals surface area contributed by atoms with Gasteiger partial charge in [0.1, 0.15) is 5.76 Å². The minimum atomic E-state index is 0.293. The van der Waals surface area contributed by atoms with Crippen molar-refractivity contribution >= 4 is 5.88 Å². The van der Waals surface area contributed by atoms with Gasteiger partial charge in [-0.15, -0.1) is 0 Å². The molecule has 0 aliphatic heterocycles. The first kappa shape index (κ1) is 11.1. The quantitative estimate of drug-likeness (QED) is 0.784. The van der Waals surface area contributed by atoms with E-state index < -0.39 is 0 Å². The molecule has 3 heteroatoms. The van der Waals surface area contributed by atoms with E-state index in [0.29, 0.717) is 6.04 Å². The molecule has 1 heterocycles. The molecule has 80 valence electrons. The zero-order valence-electron chi connectivity index (χ0n) is 9.29. The van der Waals surface area contributed by atoms with Gasteiger partial charge in [0.05, 0.1) is 0 Å². The van der Waals surface area contributed by atoms with Crippen LogP contribution in [0.5, 0.6) is 0 Å². The first-order valence-electron chi connectivity index (χ1n) is 5.12. The lowest BCUT2D eigenvalue weighted by atomic mass is 10.2. The molecule has 0 spiro atoms. The SMILES string of the molecule is Cc1ccc(N(C)CCCC(C)N)o1. The second-order valence-electron chi connectivity index (χ2n) is 3.93. The smallest absolute Gasteiger partial charge is 0.195 e. The summed E-state index contributed by atoms with van der Waals surface area (Å²) in [7, 11) is 2.04. The molecule has 1 rings (SSSR count). The molecular formula is C11H20N2O. The lowest BCUT2D eigenvalue weighted by Gasteiger charge is -2.16. The standard InChI is InChI=1S/C11H20N2O/c1-9(12)5-4-8-13(3)11-7-6-10(2)14-11/h6-7,9H,4-5,8,12H2,1-3H3. The highest BCUT2D eigenvalue weighted by Crippen LogP contribution is 2.16. The number of rotatable bonds is 5. The molecule has 1 atom stereocenters. The van der Waals surface area contributed by atoms with Gasteiger partial charge in [0.2, 0.25) is 0 Å². The van der Waals surface area contributed by atoms with Gasteiger partial charge in [0.15, 0.2) is 5.88 Å². The Bertz CT molecular complexity index is 268. The van der Waals surface area contributed by atoms with E-state index in [2.05, 4.69) is 4.90 Å². The van der Waals surface area contributed by atoms with E-state index in [4.69, 9.17) is 10.2 Å². The Morgan fingerprint density at radius 2 is 2.21 bits per heavy atom. The molecule has 0 aliphatic carbocycles. The van der Waals surface area contributed by atoms with Crippen molar-refractivity contribution in [1.82, 2.24) is 0 Å². The summed E-state index contributed by atoms with van der Waals surface area (Å²) in [6.45, 7) is 4.99. The van der Waals surface area contributed by atoms with Gasteiger partial charge in [-0.1, -0.05) is 0 Å². The summed E-state index contributed by atoms with van der Waals surface area (Å²) >= 11 is 0. The van der Waals surface area contributed by atoms with Crippen LogP contribution in [0.4, 0.5) is 5.88 Å². The molecule has 0 aromatic carbocycles. The molecule has 0 fully saturated rings. The van der Waals surface area contributed by atoms with Crippen molar-refractivity contribution in [3.05, 3.63) is 17.9 Å². The minimum absolute atomic E-state index is 0.293. The topological polar surface area (TPSA) is 42.4 Å². The van der Waals surface area contributed by atoms with Gasteiger partial charge >= 0.3 is 0 Å². The molecular weight excluding hydrogens is 176 g/mol. The van der Waals surface area contributed by atoms with Gasteiger partial charge in [0, 0.05) is 25.7 Å². The maximum Gasteiger partial charge on any atom is 0.195 e. The predicted molar refractivity (Wildman–Crippen MR) is 59.6 cm³/mol. The Balaban J connectivity index is 2.32. The summed E-state index contributed by atoms with van der Waals surface area (Å²) in [5, 5.41) is 0. The van der Waals surface area contributed by atoms with Gasteiger partial charge in [-0.2, -0.15) is 0 Å². The van der Waals surface area contributed by atoms with E-state index in [0.717, 1.165) is 31.0 Å². The Labute approximate surface area is 85.9 Å². The van der Waals surface area contributed by atoms with Gasteiger partial charge in [-0.05, 0) is 32.8 Å². The molecule has 3 nitrogen and oxygen atoms in total. The number of hydrogen-bond donors (Lipinski definition) is 1. The number of nitrogens with zero attached hydrogens (tertiary/aromatic N) is 1. The Hall–Kier alpha value is -0.960. The van der Waals surface area contributed by atoms with Crippen LogP contribution in [0.25, 0.3) is 0 Å². The van der Waals surface area contributed by atoms with Crippen LogP contribution in [0.3, 0.4) is 0 Å². The number of nitrogens with two attached hydrogens (primary N) is 1. The monoisotopic (exact) mass is 196 g/mol. The summed E-state index contributed by atoms with van der Waals surface area (Å²) in [5.74, 6) is 1.89. The summed E-state index contributed by atoms with van der Waals surface area (Å²) < 4.78 is 5.50. The van der Waals surface area contributed by atoms with Crippen molar-refractivity contribution in [3.63, 3.8) is 0 Å². The Morgan fingerprint density at radius 1 is 1.50 bits per heavy atom. The van der Waals surface area contributed by atoms with Crippen molar-refractivity contribution in [2.75, 3.05) is 18.5 Å². The lowest BCUT2D eigenvalue weighted by Crippen LogP contribution is -2.21. The first-order chi connectivity index (χ1) is 6.59. The van der Waals surface area contributed by atoms with Gasteiger partial charge in [-0.25, -0.2) is 0 Å². The van der Waals surface area contributed by atoms with Gasteiger partial charge in [-0.3, -0.25) is 0 Å². The third-order valence-electron chi connectivity index (χ3n) is 2.26. The fourth-order valence-electron chi connectivity index (χ4n) is 1.39. The molecule has 0 saturated carbocycles. The van der Waals surface area contributed by atoms with Gasteiger partial charge < -0.3 is 15.1 Å². The normalized spacial score (nSPS) is 12.9. The molecule has 1 unspecified atom stereocenters. The second-order valence-corrected chi connectivity index (χ2v) is 3.93. The van der Waals surface area contributed by atoms with Crippen LogP contribution in [0.1, 0.15) is 25.5 Å². The van der Waals surface area contributed by atoms with Gasteiger partial charge in [0.25, 0.3) is 0 Å². The van der Waals surface area contributed by atoms with E-state index >= 15 is 0 Å². The molecule has 1 aromatic rings. The van der Waals surface area contributed by atoms with E-state index in [1.165, 1.54) is 0 Å². The average Bonchev–Trinajstić information content (AvgIpc) is 2.51. The molecule has 0 amide bonds. The number of anilines is 1. The molecule has 0 radical (unpaired) electrons. The van der Waals surface area contributed by atoms with Crippen LogP contribution in [0.15, 0.2) is 16.5 Å².